The van der Waals surface area contributed by atoms with Gasteiger partial charge in [-0.25, -0.2) is 0 Å². The van der Waals surface area contributed by atoms with Gasteiger partial charge in [0.2, 0.25) is 5.43 Å². The first-order valence-electron chi connectivity index (χ1n) is 8.67. The van der Waals surface area contributed by atoms with Crippen LogP contribution in [0.2, 0.25) is 0 Å². The van der Waals surface area contributed by atoms with Crippen molar-refractivity contribution in [3.63, 3.8) is 0 Å². The van der Waals surface area contributed by atoms with Crippen molar-refractivity contribution in [3.8, 4) is 0 Å². The first-order chi connectivity index (χ1) is 11.7. The number of nitrogens with one attached hydrogen (secondary N) is 2. The van der Waals surface area contributed by atoms with Crippen molar-refractivity contribution in [2.24, 2.45) is 5.92 Å². The van der Waals surface area contributed by atoms with Crippen LogP contribution in [0.25, 0.3) is 10.9 Å². The molecular weight excluding hydrogens is 304 g/mol. The molecule has 2 N–H and O–H groups in total. The number of H-pyrrole nitrogens is 1. The molecule has 0 aliphatic heterocycles. The number of para-hydroxylation sites is 1. The molecule has 1 aromatic carbocycles. The van der Waals surface area contributed by atoms with Crippen molar-refractivity contribution < 1.29 is 9.53 Å². The molecule has 3 rings (SSSR count). The first-order valence-corrected chi connectivity index (χ1v) is 8.67. The van der Waals surface area contributed by atoms with E-state index in [-0.39, 0.29) is 16.9 Å². The second-order valence-electron chi connectivity index (χ2n) is 6.50. The molecule has 24 heavy (non-hydrogen) atoms. The minimum atomic E-state index is -0.359. The third-order valence-corrected chi connectivity index (χ3v) is 4.79. The number of benzene rings is 1. The Kier molecular flexibility index (Phi) is 5.30. The van der Waals surface area contributed by atoms with Crippen LogP contribution in [-0.4, -0.2) is 30.1 Å². The summed E-state index contributed by atoms with van der Waals surface area (Å²) in [5.74, 6) is 0.222. The normalized spacial score (nSPS) is 20.9. The van der Waals surface area contributed by atoms with E-state index in [0.29, 0.717) is 30.6 Å². The molecule has 2 atom stereocenters. The number of aromatic nitrogens is 1. The van der Waals surface area contributed by atoms with E-state index in [1.54, 1.807) is 12.1 Å². The van der Waals surface area contributed by atoms with Crippen LogP contribution < -0.4 is 10.7 Å². The summed E-state index contributed by atoms with van der Waals surface area (Å²) >= 11 is 0. The van der Waals surface area contributed by atoms with E-state index in [9.17, 15) is 9.59 Å². The van der Waals surface area contributed by atoms with Crippen molar-refractivity contribution in [1.82, 2.24) is 10.3 Å². The lowest BCUT2D eigenvalue weighted by molar-refractivity contribution is -0.00294. The van der Waals surface area contributed by atoms with E-state index in [1.165, 1.54) is 25.5 Å². The minimum Gasteiger partial charge on any atom is -0.376 e. The maximum Gasteiger partial charge on any atom is 0.256 e. The number of fused-ring (bicyclic) bond motifs is 1. The Morgan fingerprint density at radius 3 is 2.92 bits per heavy atom. The Labute approximate surface area is 141 Å². The summed E-state index contributed by atoms with van der Waals surface area (Å²) in [5.41, 5.74) is 0.622. The van der Waals surface area contributed by atoms with E-state index in [2.05, 4.69) is 17.2 Å². The highest BCUT2D eigenvalue weighted by Crippen LogP contribution is 2.25. The second-order valence-corrected chi connectivity index (χ2v) is 6.50. The number of pyridine rings is 1. The molecule has 0 spiro atoms. The maximum atomic E-state index is 12.4. The molecule has 1 aliphatic rings. The van der Waals surface area contributed by atoms with Gasteiger partial charge in [0, 0.05) is 23.6 Å². The molecule has 1 heterocycles. The van der Waals surface area contributed by atoms with Crippen molar-refractivity contribution >= 4 is 16.8 Å². The van der Waals surface area contributed by atoms with E-state index >= 15 is 0 Å². The van der Waals surface area contributed by atoms with Crippen LogP contribution in [-0.2, 0) is 4.74 Å². The highest BCUT2D eigenvalue weighted by atomic mass is 16.5. The SMILES string of the molecule is C[C@H]1CCCC[C@H]1OCCNC(=O)c1c[nH]c2ccccc2c1=O. The molecule has 1 aliphatic carbocycles. The summed E-state index contributed by atoms with van der Waals surface area (Å²) < 4.78 is 5.88. The standard InChI is InChI=1S/C19H24N2O3/c1-13-6-2-5-9-17(13)24-11-10-20-19(23)15-12-21-16-8-4-3-7-14(16)18(15)22/h3-4,7-8,12-13,17H,2,5-6,9-11H2,1H3,(H,20,23)(H,21,22)/t13-,17+/m0/s1. The Morgan fingerprint density at radius 2 is 2.08 bits per heavy atom. The minimum absolute atomic E-state index is 0.139. The molecule has 5 heteroatoms. The first kappa shape index (κ1) is 16.7. The average molecular weight is 328 g/mol. The number of hydrogen-bond acceptors (Lipinski definition) is 3. The number of ether oxygens (including phenoxy) is 1. The fraction of sp³-hybridized carbons (Fsp3) is 0.474. The van der Waals surface area contributed by atoms with Crippen LogP contribution >= 0.6 is 0 Å². The van der Waals surface area contributed by atoms with Crippen LogP contribution in [0.1, 0.15) is 43.0 Å². The summed E-state index contributed by atoms with van der Waals surface area (Å²) in [6, 6.07) is 7.18. The molecular formula is C19H24N2O3. The van der Waals surface area contributed by atoms with Gasteiger partial charge in [0.25, 0.3) is 5.91 Å². The fourth-order valence-corrected chi connectivity index (χ4v) is 3.34. The zero-order valence-electron chi connectivity index (χ0n) is 14.0. The van der Waals surface area contributed by atoms with Crippen molar-refractivity contribution in [1.29, 1.82) is 0 Å². The lowest BCUT2D eigenvalue weighted by atomic mass is 9.88. The predicted octanol–water partition coefficient (Wildman–Crippen LogP) is 2.85. The molecule has 0 radical (unpaired) electrons. The summed E-state index contributed by atoms with van der Waals surface area (Å²) in [4.78, 5) is 27.6. The van der Waals surface area contributed by atoms with Crippen LogP contribution in [0.4, 0.5) is 0 Å². The fourth-order valence-electron chi connectivity index (χ4n) is 3.34. The van der Waals surface area contributed by atoms with Crippen LogP contribution in [0.5, 0.6) is 0 Å². The highest BCUT2D eigenvalue weighted by molar-refractivity contribution is 5.97. The predicted molar refractivity (Wildman–Crippen MR) is 94.3 cm³/mol. The monoisotopic (exact) mass is 328 g/mol. The van der Waals surface area contributed by atoms with Gasteiger partial charge >= 0.3 is 0 Å². The highest BCUT2D eigenvalue weighted by Gasteiger charge is 2.21. The number of amides is 1. The molecule has 2 aromatic rings. The maximum absolute atomic E-state index is 12.4. The number of rotatable bonds is 5. The van der Waals surface area contributed by atoms with Gasteiger partial charge in [-0.05, 0) is 30.9 Å². The summed E-state index contributed by atoms with van der Waals surface area (Å²) in [6.07, 6.45) is 6.57. The Bertz CT molecular complexity index is 769. The molecule has 1 amide bonds. The van der Waals surface area contributed by atoms with Gasteiger partial charge in [-0.15, -0.1) is 0 Å². The lowest BCUT2D eigenvalue weighted by Crippen LogP contribution is -2.33. The molecule has 1 fully saturated rings. The van der Waals surface area contributed by atoms with E-state index in [4.69, 9.17) is 4.74 Å². The zero-order chi connectivity index (χ0) is 16.9. The van der Waals surface area contributed by atoms with Gasteiger partial charge in [0.15, 0.2) is 0 Å². The van der Waals surface area contributed by atoms with Gasteiger partial charge in [-0.1, -0.05) is 31.9 Å². The van der Waals surface area contributed by atoms with E-state index < -0.39 is 0 Å². The van der Waals surface area contributed by atoms with Crippen molar-refractivity contribution in [3.05, 3.63) is 46.2 Å². The molecule has 0 saturated heterocycles. The van der Waals surface area contributed by atoms with Crippen LogP contribution in [0.15, 0.2) is 35.3 Å². The smallest absolute Gasteiger partial charge is 0.256 e. The van der Waals surface area contributed by atoms with Crippen LogP contribution in [0, 0.1) is 5.92 Å². The topological polar surface area (TPSA) is 71.2 Å². The zero-order valence-corrected chi connectivity index (χ0v) is 14.0. The largest absolute Gasteiger partial charge is 0.376 e. The van der Waals surface area contributed by atoms with Gasteiger partial charge < -0.3 is 15.0 Å². The average Bonchev–Trinajstić information content (AvgIpc) is 2.60. The van der Waals surface area contributed by atoms with E-state index in [1.807, 2.05) is 12.1 Å². The molecule has 5 nitrogen and oxygen atoms in total. The van der Waals surface area contributed by atoms with Crippen LogP contribution in [0.3, 0.4) is 0 Å². The Morgan fingerprint density at radius 1 is 1.29 bits per heavy atom. The van der Waals surface area contributed by atoms with Gasteiger partial charge in [-0.3, -0.25) is 9.59 Å². The molecule has 0 unspecified atom stereocenters. The molecule has 128 valence electrons. The Hall–Kier alpha value is -2.14. The van der Waals surface area contributed by atoms with Gasteiger partial charge in [0.05, 0.1) is 12.7 Å². The summed E-state index contributed by atoms with van der Waals surface area (Å²) in [5, 5.41) is 3.30. The van der Waals surface area contributed by atoms with Gasteiger partial charge in [-0.2, -0.15) is 0 Å². The Balaban J connectivity index is 1.55. The number of aromatic amines is 1. The number of hydrogen-bond donors (Lipinski definition) is 2. The summed E-state index contributed by atoms with van der Waals surface area (Å²) in [7, 11) is 0. The lowest BCUT2D eigenvalue weighted by Gasteiger charge is -2.28. The molecule has 1 saturated carbocycles. The third kappa shape index (κ3) is 3.67. The molecule has 1 aromatic heterocycles. The molecule has 0 bridgehead atoms. The quantitative estimate of drug-likeness (QED) is 0.829. The second kappa shape index (κ2) is 7.62. The van der Waals surface area contributed by atoms with Crippen molar-refractivity contribution in [2.45, 2.75) is 38.7 Å². The van der Waals surface area contributed by atoms with E-state index in [0.717, 1.165) is 11.9 Å². The number of carbonyl (C=O) groups is 1. The summed E-state index contributed by atoms with van der Waals surface area (Å²) in [6.45, 7) is 3.11. The van der Waals surface area contributed by atoms with Gasteiger partial charge in [0.1, 0.15) is 5.56 Å². The van der Waals surface area contributed by atoms with Crippen molar-refractivity contribution in [2.75, 3.05) is 13.2 Å². The third-order valence-electron chi connectivity index (χ3n) is 4.79. The number of carbonyl (C=O) groups excluding carboxylic acids is 1.